The van der Waals surface area contributed by atoms with E-state index in [4.69, 9.17) is 0 Å². The predicted molar refractivity (Wildman–Crippen MR) is 88.7 cm³/mol. The van der Waals surface area contributed by atoms with Gasteiger partial charge in [-0.1, -0.05) is 6.92 Å². The number of nitrogens with zero attached hydrogens (tertiary/aromatic N) is 3. The van der Waals surface area contributed by atoms with Crippen molar-refractivity contribution in [2.45, 2.75) is 58.5 Å². The Morgan fingerprint density at radius 1 is 1.22 bits per heavy atom. The molecule has 1 N–H and O–H groups in total. The fourth-order valence-electron chi connectivity index (χ4n) is 4.15. The molecule has 0 aromatic carbocycles. The smallest absolute Gasteiger partial charge is 0.277 e. The molecule has 126 valence electrons. The molecule has 0 unspecified atom stereocenters. The Morgan fingerprint density at radius 2 is 1.91 bits per heavy atom. The Hall–Kier alpha value is -1.69. The molecule has 2 aliphatic heterocycles. The van der Waals surface area contributed by atoms with Crippen LogP contribution in [0.15, 0.2) is 4.79 Å². The summed E-state index contributed by atoms with van der Waals surface area (Å²) in [6, 6.07) is 0.672. The Balaban J connectivity index is 1.90. The molecule has 23 heavy (non-hydrogen) atoms. The molecule has 1 amide bonds. The van der Waals surface area contributed by atoms with Crippen LogP contribution in [0.1, 0.15) is 54.2 Å². The molecule has 3 heterocycles. The average Bonchev–Trinajstić information content (AvgIpc) is 3.18. The molecular weight excluding hydrogens is 292 g/mol. The second-order valence-electron chi connectivity index (χ2n) is 6.68. The van der Waals surface area contributed by atoms with Crippen LogP contribution >= 0.6 is 0 Å². The molecule has 3 rings (SSSR count). The van der Waals surface area contributed by atoms with E-state index in [-0.39, 0.29) is 23.1 Å². The first-order valence-corrected chi connectivity index (χ1v) is 8.65. The van der Waals surface area contributed by atoms with Crippen LogP contribution in [0.4, 0.5) is 0 Å². The first-order valence-electron chi connectivity index (χ1n) is 8.65. The van der Waals surface area contributed by atoms with Crippen molar-refractivity contribution in [3.8, 4) is 0 Å². The lowest BCUT2D eigenvalue weighted by Crippen LogP contribution is -2.49. The van der Waals surface area contributed by atoms with Crippen LogP contribution in [0.5, 0.6) is 0 Å². The predicted octanol–water partition coefficient (Wildman–Crippen LogP) is 1.48. The number of amides is 1. The van der Waals surface area contributed by atoms with E-state index in [1.165, 1.54) is 6.42 Å². The van der Waals surface area contributed by atoms with Crippen molar-refractivity contribution in [2.75, 3.05) is 19.6 Å². The van der Waals surface area contributed by atoms with Crippen molar-refractivity contribution >= 4 is 5.91 Å². The minimum absolute atomic E-state index is 0.125. The number of H-pyrrole nitrogens is 1. The van der Waals surface area contributed by atoms with Crippen molar-refractivity contribution in [3.05, 3.63) is 27.2 Å². The van der Waals surface area contributed by atoms with Gasteiger partial charge in [0.2, 0.25) is 0 Å². The third kappa shape index (κ3) is 2.80. The van der Waals surface area contributed by atoms with Gasteiger partial charge in [0.05, 0.1) is 5.69 Å². The van der Waals surface area contributed by atoms with Crippen molar-refractivity contribution in [2.24, 2.45) is 0 Å². The largest absolute Gasteiger partial charge is 0.334 e. The van der Waals surface area contributed by atoms with Gasteiger partial charge >= 0.3 is 0 Å². The zero-order chi connectivity index (χ0) is 16.6. The van der Waals surface area contributed by atoms with Gasteiger partial charge in [0.25, 0.3) is 11.5 Å². The quantitative estimate of drug-likeness (QED) is 0.916. The third-order valence-electron chi connectivity index (χ3n) is 5.51. The number of hydrogen-bond acceptors (Lipinski definition) is 4. The lowest BCUT2D eigenvalue weighted by atomic mass is 10.0. The molecule has 1 aromatic heterocycles. The van der Waals surface area contributed by atoms with E-state index in [1.807, 2.05) is 18.7 Å². The zero-order valence-electron chi connectivity index (χ0n) is 14.3. The Kier molecular flexibility index (Phi) is 4.53. The van der Waals surface area contributed by atoms with E-state index in [9.17, 15) is 9.59 Å². The van der Waals surface area contributed by atoms with Crippen molar-refractivity contribution in [1.29, 1.82) is 0 Å². The lowest BCUT2D eigenvalue weighted by molar-refractivity contribution is 0.0647. The molecule has 2 saturated heterocycles. The Labute approximate surface area is 136 Å². The maximum absolute atomic E-state index is 13.1. The standard InChI is InChI=1S/C17H26N4O2/c1-4-20-9-5-7-13(20)14-8-6-10-21(14)17(23)15-11(2)12(3)18-19-16(15)22/h13-14H,4-10H2,1-3H3,(H,19,22)/t13-,14+/m1/s1. The summed E-state index contributed by atoms with van der Waals surface area (Å²) in [5.74, 6) is -0.125. The Morgan fingerprint density at radius 3 is 2.65 bits per heavy atom. The highest BCUT2D eigenvalue weighted by Gasteiger charge is 2.40. The second kappa shape index (κ2) is 6.43. The van der Waals surface area contributed by atoms with Crippen molar-refractivity contribution in [1.82, 2.24) is 20.0 Å². The van der Waals surface area contributed by atoms with E-state index in [0.29, 0.717) is 17.3 Å². The van der Waals surface area contributed by atoms with Crippen LogP contribution in [0.3, 0.4) is 0 Å². The fourth-order valence-corrected chi connectivity index (χ4v) is 4.15. The number of carbonyl (C=O) groups is 1. The first-order chi connectivity index (χ1) is 11.0. The number of likely N-dealkylation sites (N-methyl/N-ethyl adjacent to an activating group) is 1. The lowest BCUT2D eigenvalue weighted by Gasteiger charge is -2.34. The van der Waals surface area contributed by atoms with Gasteiger partial charge in [-0.15, -0.1) is 0 Å². The SMILES string of the molecule is CCN1CCC[C@@H]1[C@@H]1CCCN1C(=O)c1c(C)c(C)n[nH]c1=O. The summed E-state index contributed by atoms with van der Waals surface area (Å²) in [4.78, 5) is 29.6. The minimum atomic E-state index is -0.373. The summed E-state index contributed by atoms with van der Waals surface area (Å²) in [5, 5.41) is 6.41. The fraction of sp³-hybridized carbons (Fsp3) is 0.706. The highest BCUT2D eigenvalue weighted by atomic mass is 16.2. The van der Waals surface area contributed by atoms with Crippen LogP contribution in [0.2, 0.25) is 0 Å². The number of hydrogen-bond donors (Lipinski definition) is 1. The van der Waals surface area contributed by atoms with Gasteiger partial charge in [0, 0.05) is 18.6 Å². The molecule has 6 nitrogen and oxygen atoms in total. The van der Waals surface area contributed by atoms with E-state index in [2.05, 4.69) is 22.0 Å². The summed E-state index contributed by atoms with van der Waals surface area (Å²) in [6.45, 7) is 8.70. The molecule has 0 bridgehead atoms. The van der Waals surface area contributed by atoms with Gasteiger partial charge in [-0.2, -0.15) is 5.10 Å². The molecule has 6 heteroatoms. The van der Waals surface area contributed by atoms with Gasteiger partial charge < -0.3 is 4.90 Å². The molecule has 2 fully saturated rings. The second-order valence-corrected chi connectivity index (χ2v) is 6.68. The van der Waals surface area contributed by atoms with E-state index >= 15 is 0 Å². The topological polar surface area (TPSA) is 69.3 Å². The van der Waals surface area contributed by atoms with Gasteiger partial charge in [-0.05, 0) is 58.2 Å². The summed E-state index contributed by atoms with van der Waals surface area (Å²) in [7, 11) is 0. The number of nitrogens with one attached hydrogen (secondary N) is 1. The summed E-state index contributed by atoms with van der Waals surface area (Å²) < 4.78 is 0. The van der Waals surface area contributed by atoms with Crippen LogP contribution in [-0.2, 0) is 0 Å². The number of aromatic amines is 1. The molecular formula is C17H26N4O2. The molecule has 0 radical (unpaired) electrons. The number of rotatable bonds is 3. The number of likely N-dealkylation sites (tertiary alicyclic amines) is 2. The van der Waals surface area contributed by atoms with Crippen LogP contribution in [0.25, 0.3) is 0 Å². The molecule has 2 aliphatic rings. The van der Waals surface area contributed by atoms with E-state index in [0.717, 1.165) is 38.9 Å². The van der Waals surface area contributed by atoms with E-state index in [1.54, 1.807) is 0 Å². The maximum Gasteiger partial charge on any atom is 0.277 e. The summed E-state index contributed by atoms with van der Waals surface area (Å²) >= 11 is 0. The van der Waals surface area contributed by atoms with E-state index < -0.39 is 0 Å². The molecule has 1 aromatic rings. The van der Waals surface area contributed by atoms with Crippen LogP contribution < -0.4 is 5.56 Å². The van der Waals surface area contributed by atoms with Gasteiger partial charge in [0.15, 0.2) is 0 Å². The van der Waals surface area contributed by atoms with Crippen molar-refractivity contribution < 1.29 is 4.79 Å². The maximum atomic E-state index is 13.1. The number of aromatic nitrogens is 2. The van der Waals surface area contributed by atoms with Gasteiger partial charge in [-0.3, -0.25) is 14.5 Å². The zero-order valence-corrected chi connectivity index (χ0v) is 14.3. The van der Waals surface area contributed by atoms with Gasteiger partial charge in [-0.25, -0.2) is 5.10 Å². The minimum Gasteiger partial charge on any atom is -0.334 e. The first kappa shape index (κ1) is 16.2. The molecule has 0 aliphatic carbocycles. The summed E-state index contributed by atoms with van der Waals surface area (Å²) in [6.07, 6.45) is 4.40. The number of carbonyl (C=O) groups excluding carboxylic acids is 1. The number of aryl methyl sites for hydroxylation is 1. The molecule has 0 saturated carbocycles. The van der Waals surface area contributed by atoms with Crippen LogP contribution in [0, 0.1) is 13.8 Å². The van der Waals surface area contributed by atoms with Gasteiger partial charge in [0.1, 0.15) is 5.56 Å². The Bertz CT molecular complexity index is 654. The third-order valence-corrected chi connectivity index (χ3v) is 5.51. The monoisotopic (exact) mass is 318 g/mol. The summed E-state index contributed by atoms with van der Waals surface area (Å²) in [5.41, 5.74) is 1.30. The molecule has 0 spiro atoms. The highest BCUT2D eigenvalue weighted by Crippen LogP contribution is 2.30. The highest BCUT2D eigenvalue weighted by molar-refractivity contribution is 5.95. The average molecular weight is 318 g/mol. The molecule has 2 atom stereocenters. The van der Waals surface area contributed by atoms with Crippen LogP contribution in [-0.4, -0.2) is 57.6 Å². The normalized spacial score (nSPS) is 25.3. The van der Waals surface area contributed by atoms with Crippen molar-refractivity contribution in [3.63, 3.8) is 0 Å².